The van der Waals surface area contributed by atoms with Crippen molar-refractivity contribution in [3.63, 3.8) is 0 Å². The number of methoxy groups -OCH3 is 1. The first-order valence-electron chi connectivity index (χ1n) is 5.72. The molecule has 94 valence electrons. The van der Waals surface area contributed by atoms with Gasteiger partial charge in [0.05, 0.1) is 25.8 Å². The first kappa shape index (κ1) is 11.8. The zero-order valence-electron chi connectivity index (χ0n) is 10.1. The zero-order chi connectivity index (χ0) is 12.4. The summed E-state index contributed by atoms with van der Waals surface area (Å²) in [6.45, 7) is 3.21. The summed E-state index contributed by atoms with van der Waals surface area (Å²) >= 11 is 0. The van der Waals surface area contributed by atoms with Gasteiger partial charge >= 0.3 is 6.09 Å². The molecule has 1 aromatic heterocycles. The molecule has 0 radical (unpaired) electrons. The van der Waals surface area contributed by atoms with Crippen molar-refractivity contribution in [3.05, 3.63) is 21.7 Å². The molecule has 0 aliphatic carbocycles. The van der Waals surface area contributed by atoms with Gasteiger partial charge in [0.25, 0.3) is 5.56 Å². The maximum Gasteiger partial charge on any atom is 0.409 e. The van der Waals surface area contributed by atoms with Crippen LogP contribution in [0.5, 0.6) is 0 Å². The van der Waals surface area contributed by atoms with Gasteiger partial charge in [-0.1, -0.05) is 0 Å². The summed E-state index contributed by atoms with van der Waals surface area (Å²) in [7, 11) is 1.34. The number of amides is 1. The van der Waals surface area contributed by atoms with Gasteiger partial charge in [0, 0.05) is 13.0 Å². The highest BCUT2D eigenvalue weighted by molar-refractivity contribution is 5.67. The number of carbonyl (C=O) groups is 1. The van der Waals surface area contributed by atoms with Crippen LogP contribution in [-0.2, 0) is 24.2 Å². The van der Waals surface area contributed by atoms with Crippen molar-refractivity contribution in [2.45, 2.75) is 32.9 Å². The Hall–Kier alpha value is -1.72. The van der Waals surface area contributed by atoms with Gasteiger partial charge in [-0.2, -0.15) is 4.74 Å². The van der Waals surface area contributed by atoms with Crippen LogP contribution >= 0.6 is 0 Å². The quantitative estimate of drug-likeness (QED) is 0.733. The van der Waals surface area contributed by atoms with E-state index in [-0.39, 0.29) is 12.1 Å². The third-order valence-electron chi connectivity index (χ3n) is 2.94. The summed E-state index contributed by atoms with van der Waals surface area (Å²) in [6, 6.07) is 0. The fourth-order valence-electron chi connectivity index (χ4n) is 2.05. The molecule has 0 spiro atoms. The largest absolute Gasteiger partial charge is 0.453 e. The highest BCUT2D eigenvalue weighted by Crippen LogP contribution is 2.16. The van der Waals surface area contributed by atoms with Gasteiger partial charge in [0.1, 0.15) is 5.76 Å². The van der Waals surface area contributed by atoms with Gasteiger partial charge in [-0.05, 0) is 13.3 Å². The standard InChI is InChI=1S/C11H16N2O4/c1-3-13-10(14)8-7-12(11(15)16-2)6-4-5-9(8)17-13/h3-7H2,1-2H3. The molecule has 6 nitrogen and oxygen atoms in total. The van der Waals surface area contributed by atoms with Gasteiger partial charge in [-0.3, -0.25) is 4.79 Å². The lowest BCUT2D eigenvalue weighted by Crippen LogP contribution is -2.32. The van der Waals surface area contributed by atoms with Crippen LogP contribution in [0.4, 0.5) is 4.79 Å². The fourth-order valence-corrected chi connectivity index (χ4v) is 2.05. The topological polar surface area (TPSA) is 64.7 Å². The summed E-state index contributed by atoms with van der Waals surface area (Å²) in [5.41, 5.74) is 0.438. The number of hydrogen-bond acceptors (Lipinski definition) is 4. The van der Waals surface area contributed by atoms with Gasteiger partial charge in [0.15, 0.2) is 0 Å². The average molecular weight is 240 g/mol. The molecule has 17 heavy (non-hydrogen) atoms. The molecule has 2 heterocycles. The average Bonchev–Trinajstić information content (AvgIpc) is 2.54. The molecule has 2 rings (SSSR count). The third kappa shape index (κ3) is 2.07. The molecule has 0 fully saturated rings. The van der Waals surface area contributed by atoms with Gasteiger partial charge in [-0.15, -0.1) is 0 Å². The van der Waals surface area contributed by atoms with Crippen molar-refractivity contribution >= 4 is 6.09 Å². The Bertz CT molecular complexity index is 474. The molecule has 1 aliphatic rings. The molecule has 1 aromatic rings. The predicted molar refractivity (Wildman–Crippen MR) is 59.8 cm³/mol. The molecule has 0 aromatic carbocycles. The minimum atomic E-state index is -0.401. The zero-order valence-corrected chi connectivity index (χ0v) is 10.1. The summed E-state index contributed by atoms with van der Waals surface area (Å²) in [4.78, 5) is 25.0. The van der Waals surface area contributed by atoms with E-state index >= 15 is 0 Å². The highest BCUT2D eigenvalue weighted by Gasteiger charge is 2.25. The first-order valence-corrected chi connectivity index (χ1v) is 5.72. The monoisotopic (exact) mass is 240 g/mol. The lowest BCUT2D eigenvalue weighted by atomic mass is 10.2. The number of hydrogen-bond donors (Lipinski definition) is 0. The van der Waals surface area contributed by atoms with Crippen LogP contribution in [0.15, 0.2) is 9.32 Å². The van der Waals surface area contributed by atoms with E-state index in [1.807, 2.05) is 6.92 Å². The van der Waals surface area contributed by atoms with Crippen LogP contribution in [0, 0.1) is 0 Å². The van der Waals surface area contributed by atoms with E-state index < -0.39 is 6.09 Å². The second-order valence-electron chi connectivity index (χ2n) is 3.99. The Balaban J connectivity index is 2.33. The van der Waals surface area contributed by atoms with E-state index in [2.05, 4.69) is 4.74 Å². The van der Waals surface area contributed by atoms with Crippen LogP contribution in [-0.4, -0.2) is 29.4 Å². The van der Waals surface area contributed by atoms with E-state index in [1.165, 1.54) is 16.7 Å². The van der Waals surface area contributed by atoms with Crippen LogP contribution in [0.25, 0.3) is 0 Å². The molecule has 0 saturated heterocycles. The smallest absolute Gasteiger partial charge is 0.409 e. The van der Waals surface area contributed by atoms with Crippen molar-refractivity contribution in [1.29, 1.82) is 0 Å². The second kappa shape index (κ2) is 4.65. The number of fused-ring (bicyclic) bond motifs is 1. The maximum absolute atomic E-state index is 11.9. The third-order valence-corrected chi connectivity index (χ3v) is 2.94. The highest BCUT2D eigenvalue weighted by atomic mass is 16.5. The fraction of sp³-hybridized carbons (Fsp3) is 0.636. The van der Waals surface area contributed by atoms with Gasteiger partial charge < -0.3 is 14.2 Å². The van der Waals surface area contributed by atoms with Crippen LogP contribution in [0.1, 0.15) is 24.7 Å². The molecule has 0 unspecified atom stereocenters. The van der Waals surface area contributed by atoms with E-state index in [0.717, 1.165) is 6.42 Å². The lowest BCUT2D eigenvalue weighted by Gasteiger charge is -2.17. The Morgan fingerprint density at radius 3 is 2.94 bits per heavy atom. The van der Waals surface area contributed by atoms with E-state index in [1.54, 1.807) is 0 Å². The second-order valence-corrected chi connectivity index (χ2v) is 3.99. The van der Waals surface area contributed by atoms with Crippen molar-refractivity contribution < 1.29 is 14.1 Å². The number of aryl methyl sites for hydroxylation is 2. The van der Waals surface area contributed by atoms with Crippen LogP contribution < -0.4 is 5.56 Å². The predicted octanol–water partition coefficient (Wildman–Crippen LogP) is 0.976. The maximum atomic E-state index is 11.9. The number of carbonyl (C=O) groups excluding carboxylic acids is 1. The Morgan fingerprint density at radius 1 is 1.53 bits per heavy atom. The van der Waals surface area contributed by atoms with Crippen molar-refractivity contribution in [3.8, 4) is 0 Å². The molecule has 1 aliphatic heterocycles. The van der Waals surface area contributed by atoms with E-state index in [4.69, 9.17) is 4.52 Å². The van der Waals surface area contributed by atoms with Gasteiger partial charge in [0.2, 0.25) is 0 Å². The number of ether oxygens (including phenoxy) is 1. The first-order chi connectivity index (χ1) is 8.17. The van der Waals surface area contributed by atoms with Crippen LogP contribution in [0.3, 0.4) is 0 Å². The SMILES string of the molecule is CCn1oc2c(c1=O)CN(C(=O)OC)CCC2. The summed E-state index contributed by atoms with van der Waals surface area (Å²) in [5.74, 6) is 0.697. The molecule has 0 atom stereocenters. The Kier molecular flexibility index (Phi) is 3.21. The molecule has 0 bridgehead atoms. The van der Waals surface area contributed by atoms with Crippen molar-refractivity contribution in [2.24, 2.45) is 0 Å². The molecular weight excluding hydrogens is 224 g/mol. The minimum Gasteiger partial charge on any atom is -0.453 e. The lowest BCUT2D eigenvalue weighted by molar-refractivity contribution is 0.121. The Morgan fingerprint density at radius 2 is 2.29 bits per heavy atom. The summed E-state index contributed by atoms with van der Waals surface area (Å²) in [5, 5.41) is 0. The number of rotatable bonds is 1. The van der Waals surface area contributed by atoms with E-state index in [0.29, 0.717) is 30.8 Å². The molecule has 0 saturated carbocycles. The van der Waals surface area contributed by atoms with E-state index in [9.17, 15) is 9.59 Å². The minimum absolute atomic E-state index is 0.140. The summed E-state index contributed by atoms with van der Waals surface area (Å²) < 4.78 is 11.5. The van der Waals surface area contributed by atoms with Gasteiger partial charge in [-0.25, -0.2) is 4.79 Å². The normalized spacial score (nSPS) is 15.3. The molecule has 6 heteroatoms. The Labute approximate surface area is 98.7 Å². The summed E-state index contributed by atoms with van der Waals surface area (Å²) in [6.07, 6.45) is 1.06. The molecule has 0 N–H and O–H groups in total. The number of nitrogens with zero attached hydrogens (tertiary/aromatic N) is 2. The molecule has 1 amide bonds. The van der Waals surface area contributed by atoms with Crippen molar-refractivity contribution in [1.82, 2.24) is 9.64 Å². The molecular formula is C11H16N2O4. The van der Waals surface area contributed by atoms with Crippen LogP contribution in [0.2, 0.25) is 0 Å². The van der Waals surface area contributed by atoms with Crippen molar-refractivity contribution in [2.75, 3.05) is 13.7 Å². The number of aromatic nitrogens is 1.